The summed E-state index contributed by atoms with van der Waals surface area (Å²) in [6.45, 7) is 0. The second-order valence-corrected chi connectivity index (χ2v) is 3.71. The maximum atomic E-state index is 12.7. The summed E-state index contributed by atoms with van der Waals surface area (Å²) in [5.74, 6) is 0.418. The molecule has 1 aliphatic carbocycles. The summed E-state index contributed by atoms with van der Waals surface area (Å²) in [4.78, 5) is 0. The van der Waals surface area contributed by atoms with Crippen molar-refractivity contribution in [2.24, 2.45) is 0 Å². The van der Waals surface area contributed by atoms with E-state index in [4.69, 9.17) is 0 Å². The molecule has 1 saturated carbocycles. The first-order chi connectivity index (χ1) is 5.27. The Bertz CT molecular complexity index is 279. The summed E-state index contributed by atoms with van der Waals surface area (Å²) in [5.41, 5.74) is 1.14. The zero-order valence-electron chi connectivity index (χ0n) is 5.90. The van der Waals surface area contributed by atoms with Crippen LogP contribution in [-0.4, -0.2) is 0 Å². The molecular formula is C9H7BrF. The zero-order valence-corrected chi connectivity index (χ0v) is 7.49. The van der Waals surface area contributed by atoms with E-state index in [1.807, 2.05) is 6.07 Å². The molecule has 11 heavy (non-hydrogen) atoms. The fraction of sp³-hybridized carbons (Fsp3) is 0.333. The van der Waals surface area contributed by atoms with E-state index < -0.39 is 0 Å². The van der Waals surface area contributed by atoms with E-state index in [1.165, 1.54) is 18.9 Å². The van der Waals surface area contributed by atoms with Crippen LogP contribution < -0.4 is 0 Å². The number of halogens is 2. The topological polar surface area (TPSA) is 0 Å². The normalized spacial score (nSPS) is 16.9. The Labute approximate surface area is 73.6 Å². The SMILES string of the molecule is Fc1c[c]c(C2CC2)cc1Br. The highest BCUT2D eigenvalue weighted by Crippen LogP contribution is 2.40. The monoisotopic (exact) mass is 213 g/mol. The summed E-state index contributed by atoms with van der Waals surface area (Å²) in [5, 5.41) is 0. The van der Waals surface area contributed by atoms with Gasteiger partial charge in [-0.3, -0.25) is 0 Å². The Hall–Kier alpha value is -0.370. The minimum atomic E-state index is -0.227. The Morgan fingerprint density at radius 3 is 2.82 bits per heavy atom. The van der Waals surface area contributed by atoms with Crippen LogP contribution in [0, 0.1) is 11.9 Å². The minimum absolute atomic E-state index is 0.227. The molecule has 0 aromatic heterocycles. The van der Waals surface area contributed by atoms with Crippen molar-refractivity contribution in [1.82, 2.24) is 0 Å². The summed E-state index contributed by atoms with van der Waals surface area (Å²) in [6, 6.07) is 6.16. The van der Waals surface area contributed by atoms with Gasteiger partial charge in [0, 0.05) is 0 Å². The molecule has 0 nitrogen and oxygen atoms in total. The van der Waals surface area contributed by atoms with E-state index >= 15 is 0 Å². The average molecular weight is 214 g/mol. The minimum Gasteiger partial charge on any atom is -0.206 e. The fourth-order valence-corrected chi connectivity index (χ4v) is 1.45. The third-order valence-electron chi connectivity index (χ3n) is 1.89. The molecule has 0 saturated heterocycles. The fourth-order valence-electron chi connectivity index (χ4n) is 1.09. The van der Waals surface area contributed by atoms with Crippen molar-refractivity contribution < 1.29 is 4.39 Å². The lowest BCUT2D eigenvalue weighted by Crippen LogP contribution is -1.82. The highest BCUT2D eigenvalue weighted by Gasteiger charge is 2.23. The Morgan fingerprint density at radius 1 is 1.55 bits per heavy atom. The molecule has 0 unspecified atom stereocenters. The van der Waals surface area contributed by atoms with Crippen molar-refractivity contribution in [2.45, 2.75) is 18.8 Å². The van der Waals surface area contributed by atoms with Crippen molar-refractivity contribution in [1.29, 1.82) is 0 Å². The summed E-state index contributed by atoms with van der Waals surface area (Å²) in [7, 11) is 0. The first kappa shape index (κ1) is 7.29. The van der Waals surface area contributed by atoms with Crippen molar-refractivity contribution in [3.05, 3.63) is 34.1 Å². The largest absolute Gasteiger partial charge is 0.206 e. The van der Waals surface area contributed by atoms with Gasteiger partial charge in [-0.1, -0.05) is 0 Å². The number of hydrogen-bond acceptors (Lipinski definition) is 0. The lowest BCUT2D eigenvalue weighted by molar-refractivity contribution is 0.620. The molecule has 0 spiro atoms. The smallest absolute Gasteiger partial charge is 0.138 e. The average Bonchev–Trinajstić information content (AvgIpc) is 2.77. The molecule has 1 aromatic rings. The molecule has 1 aliphatic rings. The van der Waals surface area contributed by atoms with E-state index in [0.717, 1.165) is 5.56 Å². The van der Waals surface area contributed by atoms with E-state index in [-0.39, 0.29) is 5.82 Å². The molecule has 1 aromatic carbocycles. The van der Waals surface area contributed by atoms with Crippen molar-refractivity contribution >= 4 is 15.9 Å². The third kappa shape index (κ3) is 1.45. The summed E-state index contributed by atoms with van der Waals surface area (Å²) < 4.78 is 13.3. The highest BCUT2D eigenvalue weighted by molar-refractivity contribution is 9.10. The molecule has 0 heterocycles. The molecular weight excluding hydrogens is 207 g/mol. The van der Waals surface area contributed by atoms with Crippen LogP contribution in [0.2, 0.25) is 0 Å². The quantitative estimate of drug-likeness (QED) is 0.672. The van der Waals surface area contributed by atoms with Crippen LogP contribution in [0.4, 0.5) is 4.39 Å². The van der Waals surface area contributed by atoms with E-state index in [2.05, 4.69) is 22.0 Å². The van der Waals surface area contributed by atoms with Crippen molar-refractivity contribution in [3.63, 3.8) is 0 Å². The molecule has 2 heteroatoms. The molecule has 0 atom stereocenters. The van der Waals surface area contributed by atoms with E-state index in [1.54, 1.807) is 0 Å². The summed E-state index contributed by atoms with van der Waals surface area (Å²) >= 11 is 3.15. The Morgan fingerprint density at radius 2 is 2.27 bits per heavy atom. The van der Waals surface area contributed by atoms with Crippen LogP contribution in [-0.2, 0) is 0 Å². The molecule has 1 fully saturated rings. The molecule has 0 bridgehead atoms. The van der Waals surface area contributed by atoms with Crippen LogP contribution >= 0.6 is 15.9 Å². The lowest BCUT2D eigenvalue weighted by Gasteiger charge is -1.97. The molecule has 0 N–H and O–H groups in total. The van der Waals surface area contributed by atoms with Gasteiger partial charge in [-0.05, 0) is 58.5 Å². The van der Waals surface area contributed by atoms with Crippen LogP contribution in [0.5, 0.6) is 0 Å². The zero-order chi connectivity index (χ0) is 7.84. The lowest BCUT2D eigenvalue weighted by atomic mass is 10.1. The van der Waals surface area contributed by atoms with E-state index in [0.29, 0.717) is 10.4 Å². The van der Waals surface area contributed by atoms with Crippen molar-refractivity contribution in [3.8, 4) is 0 Å². The Balaban J connectivity index is 2.36. The highest BCUT2D eigenvalue weighted by atomic mass is 79.9. The van der Waals surface area contributed by atoms with Gasteiger partial charge in [-0.2, -0.15) is 0 Å². The maximum absolute atomic E-state index is 12.7. The van der Waals surface area contributed by atoms with Gasteiger partial charge < -0.3 is 0 Å². The Kier molecular flexibility index (Phi) is 1.72. The van der Waals surface area contributed by atoms with Gasteiger partial charge in [-0.25, -0.2) is 4.39 Å². The second-order valence-electron chi connectivity index (χ2n) is 2.86. The van der Waals surface area contributed by atoms with Crippen LogP contribution in [0.25, 0.3) is 0 Å². The van der Waals surface area contributed by atoms with Gasteiger partial charge in [0.1, 0.15) is 5.82 Å². The van der Waals surface area contributed by atoms with Crippen LogP contribution in [0.1, 0.15) is 24.3 Å². The summed E-state index contributed by atoms with van der Waals surface area (Å²) in [6.07, 6.45) is 2.46. The maximum Gasteiger partial charge on any atom is 0.138 e. The number of hydrogen-bond donors (Lipinski definition) is 0. The van der Waals surface area contributed by atoms with Gasteiger partial charge in [0.2, 0.25) is 0 Å². The molecule has 2 rings (SSSR count). The molecule has 0 amide bonds. The van der Waals surface area contributed by atoms with E-state index in [9.17, 15) is 4.39 Å². The molecule has 57 valence electrons. The van der Waals surface area contributed by atoms with Crippen LogP contribution in [0.3, 0.4) is 0 Å². The van der Waals surface area contributed by atoms with Crippen LogP contribution in [0.15, 0.2) is 16.6 Å². The van der Waals surface area contributed by atoms with Gasteiger partial charge in [0.25, 0.3) is 0 Å². The van der Waals surface area contributed by atoms with Gasteiger partial charge in [0.05, 0.1) is 4.47 Å². The molecule has 1 radical (unpaired) electrons. The predicted molar refractivity (Wildman–Crippen MR) is 44.9 cm³/mol. The second kappa shape index (κ2) is 2.59. The first-order valence-corrected chi connectivity index (χ1v) is 4.43. The third-order valence-corrected chi connectivity index (χ3v) is 2.50. The standard InChI is InChI=1S/C9H7BrF/c10-8-5-7(6-1-2-6)3-4-9(8)11/h4-6H,1-2H2. The number of rotatable bonds is 1. The van der Waals surface area contributed by atoms with Gasteiger partial charge in [0.15, 0.2) is 0 Å². The first-order valence-electron chi connectivity index (χ1n) is 3.64. The van der Waals surface area contributed by atoms with Crippen molar-refractivity contribution in [2.75, 3.05) is 0 Å². The predicted octanol–water partition coefficient (Wildman–Crippen LogP) is 3.27. The number of benzene rings is 1. The van der Waals surface area contributed by atoms with Gasteiger partial charge in [-0.15, -0.1) is 0 Å². The van der Waals surface area contributed by atoms with Gasteiger partial charge >= 0.3 is 0 Å². The molecule has 0 aliphatic heterocycles.